The number of amides is 1. The number of fused-ring (bicyclic) bond motifs is 2. The molecule has 1 amide bonds. The van der Waals surface area contributed by atoms with Crippen LogP contribution in [0.5, 0.6) is 11.6 Å². The number of hydrogen-bond donors (Lipinski definition) is 0. The first kappa shape index (κ1) is 27.9. The van der Waals surface area contributed by atoms with E-state index < -0.39 is 29.3 Å². The Morgan fingerprint density at radius 2 is 2.02 bits per heavy atom. The minimum absolute atomic E-state index is 0.0103. The second-order valence-electron chi connectivity index (χ2n) is 9.98. The summed E-state index contributed by atoms with van der Waals surface area (Å²) in [7, 11) is 0. The number of carbonyl (C=O) groups is 1. The van der Waals surface area contributed by atoms with Crippen LogP contribution in [0.25, 0.3) is 0 Å². The molecule has 2 bridgehead atoms. The van der Waals surface area contributed by atoms with Gasteiger partial charge < -0.3 is 19.1 Å². The Bertz CT molecular complexity index is 1360. The fraction of sp³-hybridized carbons (Fsp3) is 0.444. The van der Waals surface area contributed by atoms with Crippen molar-refractivity contribution in [2.24, 2.45) is 22.7 Å². The number of piperidine rings is 1. The molecule has 4 atom stereocenters. The van der Waals surface area contributed by atoms with Gasteiger partial charge in [0.25, 0.3) is 11.8 Å². The number of rotatable bonds is 5. The lowest BCUT2D eigenvalue weighted by Gasteiger charge is -2.45. The van der Waals surface area contributed by atoms with Crippen LogP contribution in [0.1, 0.15) is 18.9 Å². The lowest BCUT2D eigenvalue weighted by Crippen LogP contribution is -2.59. The van der Waals surface area contributed by atoms with Crippen LogP contribution in [-0.2, 0) is 10.7 Å². The number of benzene rings is 1. The van der Waals surface area contributed by atoms with Crippen LogP contribution >= 0.6 is 11.6 Å². The number of likely N-dealkylation sites (tertiary alicyclic amines) is 1. The maximum atomic E-state index is 15.3. The second kappa shape index (κ2) is 11.4. The number of allylic oxidation sites excluding steroid dienone is 2. The molecule has 210 valence electrons. The Hall–Kier alpha value is -3.69. The quantitative estimate of drug-likeness (QED) is 0.460. The molecule has 2 aromatic rings. The van der Waals surface area contributed by atoms with Crippen molar-refractivity contribution in [2.45, 2.75) is 30.7 Å². The van der Waals surface area contributed by atoms with Crippen molar-refractivity contribution in [1.29, 1.82) is 5.26 Å². The molecule has 0 spiro atoms. The van der Waals surface area contributed by atoms with Crippen molar-refractivity contribution < 1.29 is 32.2 Å². The van der Waals surface area contributed by atoms with Gasteiger partial charge >= 0.3 is 6.09 Å². The topological polar surface area (TPSA) is 110 Å². The smallest absolute Gasteiger partial charge is 0.415 e. The van der Waals surface area contributed by atoms with E-state index in [0.29, 0.717) is 12.1 Å². The summed E-state index contributed by atoms with van der Waals surface area (Å²) in [4.78, 5) is 26.5. The van der Waals surface area contributed by atoms with Gasteiger partial charge in [-0.1, -0.05) is 18.2 Å². The molecule has 3 heterocycles. The number of halogens is 4. The predicted octanol–water partition coefficient (Wildman–Crippen LogP) is 5.03. The van der Waals surface area contributed by atoms with Crippen LogP contribution in [0.4, 0.5) is 23.8 Å². The van der Waals surface area contributed by atoms with Crippen molar-refractivity contribution in [2.75, 3.05) is 26.3 Å². The van der Waals surface area contributed by atoms with Gasteiger partial charge in [0.15, 0.2) is 5.82 Å². The van der Waals surface area contributed by atoms with E-state index in [9.17, 15) is 13.6 Å². The van der Waals surface area contributed by atoms with Gasteiger partial charge in [-0.15, -0.1) is 11.6 Å². The number of aliphatic imine (C=N–C) groups is 1. The van der Waals surface area contributed by atoms with Crippen LogP contribution in [0.2, 0.25) is 0 Å². The van der Waals surface area contributed by atoms with E-state index in [1.54, 1.807) is 12.2 Å². The molecule has 4 unspecified atom stereocenters. The van der Waals surface area contributed by atoms with Gasteiger partial charge in [-0.05, 0) is 24.6 Å². The van der Waals surface area contributed by atoms with Crippen LogP contribution in [0.3, 0.4) is 0 Å². The van der Waals surface area contributed by atoms with Gasteiger partial charge in [0, 0.05) is 37.4 Å². The molecule has 3 aliphatic rings. The molecule has 2 saturated heterocycles. The zero-order valence-electron chi connectivity index (χ0n) is 21.3. The average Bonchev–Trinajstić information content (AvgIpc) is 2.91. The van der Waals surface area contributed by atoms with E-state index in [1.807, 2.05) is 0 Å². The molecule has 0 N–H and O–H groups in total. The van der Waals surface area contributed by atoms with Crippen molar-refractivity contribution in [1.82, 2.24) is 14.9 Å². The Morgan fingerprint density at radius 3 is 2.70 bits per heavy atom. The first-order chi connectivity index (χ1) is 19.1. The SMILES string of the molecule is CC(F)(F)c1cccc(OC(=O)N2CC3COCC(C2)C3Oc2ncnc(N=C3C=CC(C#N)CC3Cl)c2F)c1. The Kier molecular flexibility index (Phi) is 7.96. The Morgan fingerprint density at radius 1 is 1.27 bits per heavy atom. The van der Waals surface area contributed by atoms with Gasteiger partial charge in [-0.25, -0.2) is 23.6 Å². The number of alkyl halides is 3. The first-order valence-corrected chi connectivity index (χ1v) is 13.1. The highest BCUT2D eigenvalue weighted by atomic mass is 35.5. The normalized spacial score (nSPS) is 27.2. The molecular formula is C27H25ClF3N5O4. The lowest BCUT2D eigenvalue weighted by molar-refractivity contribution is -0.108. The average molecular weight is 576 g/mol. The number of aromatic nitrogens is 2. The number of nitrogens with zero attached hydrogens (tertiary/aromatic N) is 5. The van der Waals surface area contributed by atoms with Gasteiger partial charge in [0.2, 0.25) is 5.82 Å². The fourth-order valence-corrected chi connectivity index (χ4v) is 5.25. The fourth-order valence-electron chi connectivity index (χ4n) is 4.94. The third kappa shape index (κ3) is 6.05. The summed E-state index contributed by atoms with van der Waals surface area (Å²) >= 11 is 6.32. The zero-order chi connectivity index (χ0) is 28.4. The summed E-state index contributed by atoms with van der Waals surface area (Å²) in [6.45, 7) is 1.64. The Labute approximate surface area is 233 Å². The maximum absolute atomic E-state index is 15.3. The van der Waals surface area contributed by atoms with E-state index >= 15 is 4.39 Å². The molecule has 1 aromatic carbocycles. The summed E-state index contributed by atoms with van der Waals surface area (Å²) in [5.41, 5.74) is 0.112. The van der Waals surface area contributed by atoms with Gasteiger partial charge in [0.05, 0.1) is 36.3 Å². The van der Waals surface area contributed by atoms with E-state index in [4.69, 9.17) is 31.1 Å². The van der Waals surface area contributed by atoms with Crippen molar-refractivity contribution in [3.8, 4) is 17.7 Å². The summed E-state index contributed by atoms with van der Waals surface area (Å²) in [6, 6.07) is 7.34. The highest BCUT2D eigenvalue weighted by Gasteiger charge is 2.44. The third-order valence-corrected chi connectivity index (χ3v) is 7.38. The molecular weight excluding hydrogens is 551 g/mol. The molecule has 9 nitrogen and oxygen atoms in total. The maximum Gasteiger partial charge on any atom is 0.415 e. The van der Waals surface area contributed by atoms with Crippen LogP contribution in [0.15, 0.2) is 47.7 Å². The molecule has 1 aromatic heterocycles. The largest absolute Gasteiger partial charge is 0.471 e. The summed E-state index contributed by atoms with van der Waals surface area (Å²) in [6.07, 6.45) is 3.52. The highest BCUT2D eigenvalue weighted by Crippen LogP contribution is 2.34. The third-order valence-electron chi connectivity index (χ3n) is 6.98. The van der Waals surface area contributed by atoms with Crippen molar-refractivity contribution in [3.05, 3.63) is 54.1 Å². The van der Waals surface area contributed by atoms with Crippen molar-refractivity contribution in [3.63, 3.8) is 0 Å². The van der Waals surface area contributed by atoms with E-state index in [2.05, 4.69) is 21.0 Å². The van der Waals surface area contributed by atoms with Gasteiger partial charge in [-0.3, -0.25) is 0 Å². The standard InChI is InChI=1S/C27H25ClF3N5O4/c1-27(30,31)18-3-2-4-19(8-18)39-26(37)36-10-16-12-38-13-17(11-36)23(16)40-25-22(29)24(33-14-34-25)35-21-6-5-15(9-32)7-20(21)28/h2-6,8,14-17,20,23H,7,10-13H2,1H3. The zero-order valence-corrected chi connectivity index (χ0v) is 22.1. The molecule has 1 aliphatic carbocycles. The van der Waals surface area contributed by atoms with Crippen molar-refractivity contribution >= 4 is 29.2 Å². The predicted molar refractivity (Wildman–Crippen MR) is 137 cm³/mol. The number of hydrogen-bond acceptors (Lipinski definition) is 8. The monoisotopic (exact) mass is 575 g/mol. The van der Waals surface area contributed by atoms with Gasteiger partial charge in [-0.2, -0.15) is 14.6 Å². The molecule has 40 heavy (non-hydrogen) atoms. The first-order valence-electron chi connectivity index (χ1n) is 12.6. The summed E-state index contributed by atoms with van der Waals surface area (Å²) in [5.74, 6) is -5.45. The minimum atomic E-state index is -3.08. The Balaban J connectivity index is 1.28. The van der Waals surface area contributed by atoms with Crippen LogP contribution < -0.4 is 9.47 Å². The van der Waals surface area contributed by atoms with E-state index in [1.165, 1.54) is 23.1 Å². The lowest BCUT2D eigenvalue weighted by atomic mass is 9.84. The molecule has 13 heteroatoms. The molecule has 5 rings (SSSR count). The highest BCUT2D eigenvalue weighted by molar-refractivity contribution is 6.34. The van der Waals surface area contributed by atoms with E-state index in [0.717, 1.165) is 19.3 Å². The second-order valence-corrected chi connectivity index (χ2v) is 10.5. The summed E-state index contributed by atoms with van der Waals surface area (Å²) in [5, 5.41) is 8.51. The molecule has 0 radical (unpaired) electrons. The van der Waals surface area contributed by atoms with Gasteiger partial charge in [0.1, 0.15) is 18.2 Å². The van der Waals surface area contributed by atoms with Crippen LogP contribution in [0, 0.1) is 34.9 Å². The molecule has 2 fully saturated rings. The van der Waals surface area contributed by atoms with E-state index in [-0.39, 0.29) is 67.1 Å². The van der Waals surface area contributed by atoms with Crippen LogP contribution in [-0.4, -0.2) is 64.5 Å². The summed E-state index contributed by atoms with van der Waals surface area (Å²) < 4.78 is 59.8. The molecule has 2 aliphatic heterocycles. The number of ether oxygens (including phenoxy) is 3. The number of carbonyl (C=O) groups excluding carboxylic acids is 1. The molecule has 0 saturated carbocycles. The minimum Gasteiger partial charge on any atom is -0.471 e. The number of nitriles is 1.